The van der Waals surface area contributed by atoms with Gasteiger partial charge in [0, 0.05) is 76.7 Å². The van der Waals surface area contributed by atoms with Gasteiger partial charge >= 0.3 is 0 Å². The van der Waals surface area contributed by atoms with Crippen molar-refractivity contribution in [1.29, 1.82) is 0 Å². The zero-order chi connectivity index (χ0) is 92.4. The Morgan fingerprint density at radius 2 is 0.340 bits per heavy atom. The lowest BCUT2D eigenvalue weighted by molar-refractivity contribution is 1.61. The highest BCUT2D eigenvalue weighted by atomic mass is 32.1. The van der Waals surface area contributed by atoms with E-state index in [0.717, 1.165) is 0 Å². The molecule has 141 heavy (non-hydrogen) atoms. The summed E-state index contributed by atoms with van der Waals surface area (Å²) in [7, 11) is 0. The minimum atomic E-state index is 1.23. The van der Waals surface area contributed by atoms with E-state index in [9.17, 15) is 0 Å². The van der Waals surface area contributed by atoms with Crippen LogP contribution in [0.5, 0.6) is 0 Å². The summed E-state index contributed by atoms with van der Waals surface area (Å²) in [5.74, 6) is 0. The van der Waals surface area contributed by atoms with Crippen molar-refractivity contribution < 1.29 is 0 Å². The minimum Gasteiger partial charge on any atom is -0.135 e. The van der Waals surface area contributed by atoms with Crippen LogP contribution in [0.25, 0.3) is 300 Å². The summed E-state index contributed by atoms with van der Waals surface area (Å²) in [6, 6.07) is 184. The van der Waals surface area contributed by atoms with E-state index in [2.05, 4.69) is 497 Å². The Morgan fingerprint density at radius 3 is 0.709 bits per heavy atom. The predicted octanol–water partition coefficient (Wildman–Crippen LogP) is 41.1. The van der Waals surface area contributed by atoms with Crippen LogP contribution in [0.1, 0.15) is 0 Å². The molecule has 0 nitrogen and oxygen atoms in total. The van der Waals surface area contributed by atoms with Gasteiger partial charge in [0.2, 0.25) is 0 Å². The molecule has 3 aromatic heterocycles. The highest BCUT2D eigenvalue weighted by Crippen LogP contribution is 2.55. The Balaban J connectivity index is 0.000000101. The van der Waals surface area contributed by atoms with Gasteiger partial charge in [0.15, 0.2) is 0 Å². The van der Waals surface area contributed by atoms with Gasteiger partial charge in [0.25, 0.3) is 0 Å². The third-order valence-electron chi connectivity index (χ3n) is 30.1. The van der Waals surface area contributed by atoms with Crippen molar-refractivity contribution >= 4 is 256 Å². The number of rotatable bonds is 7. The maximum Gasteiger partial charge on any atom is 0.0440 e. The first-order chi connectivity index (χ1) is 70.0. The summed E-state index contributed by atoms with van der Waals surface area (Å²) in [6.45, 7) is 0. The van der Waals surface area contributed by atoms with Crippen molar-refractivity contribution in [2.45, 2.75) is 0 Å². The number of fused-ring (bicyclic) bond motifs is 34. The molecule has 0 radical (unpaired) electrons. The van der Waals surface area contributed by atoms with Crippen molar-refractivity contribution in [2.75, 3.05) is 0 Å². The summed E-state index contributed by atoms with van der Waals surface area (Å²) in [5, 5.41) is 47.1. The molecule has 0 aliphatic heterocycles. The van der Waals surface area contributed by atoms with Crippen molar-refractivity contribution in [1.82, 2.24) is 0 Å². The van der Waals surface area contributed by atoms with Crippen LogP contribution in [0.4, 0.5) is 0 Å². The zero-order valence-corrected chi connectivity index (χ0v) is 79.0. The van der Waals surface area contributed by atoms with Crippen LogP contribution in [-0.4, -0.2) is 0 Å². The second kappa shape index (κ2) is 32.7. The Kier molecular flexibility index (Phi) is 18.8. The van der Waals surface area contributed by atoms with Gasteiger partial charge in [-0.3, -0.25) is 0 Å². The summed E-state index contributed by atoms with van der Waals surface area (Å²) < 4.78 is 8.10. The largest absolute Gasteiger partial charge is 0.135 e. The van der Waals surface area contributed by atoms with Gasteiger partial charge < -0.3 is 0 Å². The molecule has 0 amide bonds. The monoisotopic (exact) mass is 1830 g/mol. The van der Waals surface area contributed by atoms with Crippen molar-refractivity contribution in [3.8, 4) is 77.9 Å². The summed E-state index contributed by atoms with van der Waals surface area (Å²) in [5.41, 5.74) is 17.8. The molecular weight excluding hydrogens is 1750 g/mol. The molecule has 0 aliphatic carbocycles. The molecule has 3 heterocycles. The standard InChI is InChI=1S/C48H28S.C46H28S.C44H26S/c1-2-12-33-29(11-1)21-22-30-27-31(23-25-34(30)33)45-38-16-6-8-18-40(38)46(41-19-9-7-17-39(41)45)32-24-26-44-43(28-32)47-37-15-5-3-13-35(37)36-14-4-10-20-42(36)48(47)49-44;1-2-13-29(14-3-1)30-15-12-16-31(27-30)43-36-20-7-9-22-38(36)44(39-23-10-8-21-37(39)43)32-25-26-42-41(28-32)45-35-19-6-4-17-33(35)34-18-5-11-24-40(34)46(45)47-42;1-2-14-29-27(12-1)13-11-23-32(29)42-36-20-8-6-18-34(36)41(35-19-7-9-21-37(35)42)28-24-25-40-39(26-28)43-33-17-5-3-15-30(33)31-16-4-10-22-38(31)44(43)45-40/h1-28H;1-28H;1-26H. The molecule has 0 saturated carbocycles. The third-order valence-corrected chi connectivity index (χ3v) is 33.7. The second-order valence-corrected chi connectivity index (χ2v) is 40.7. The lowest BCUT2D eigenvalue weighted by Crippen LogP contribution is -1.91. The lowest BCUT2D eigenvalue weighted by Gasteiger charge is -2.19. The SMILES string of the molecule is c1ccc(-c2cccc(-c3c4ccccc4c(-c4ccc5sc6c7ccccc7c7ccccc7c6c5c4)c4ccccc34)c2)cc1.c1ccc2c(-c3c4ccccc4c(-c4ccc5sc6c7ccccc7c7ccccc7c6c5c4)c4ccccc34)cccc2c1.c1ccc2c(c1)ccc1cc(-c3c4ccccc4c(-c4ccc5sc6c7ccccc7c7ccccc7c6c5c4)c4ccccc34)ccc12. The van der Waals surface area contributed by atoms with E-state index in [1.165, 1.54) is 300 Å². The maximum atomic E-state index is 2.46. The molecule has 31 rings (SSSR count). The van der Waals surface area contributed by atoms with Crippen LogP contribution in [-0.2, 0) is 0 Å². The fraction of sp³-hybridized carbons (Fsp3) is 0. The third kappa shape index (κ3) is 12.8. The van der Waals surface area contributed by atoms with Crippen LogP contribution in [0.15, 0.2) is 497 Å². The van der Waals surface area contributed by atoms with Crippen LogP contribution in [0.2, 0.25) is 0 Å². The van der Waals surface area contributed by atoms with E-state index < -0.39 is 0 Å². The van der Waals surface area contributed by atoms with E-state index in [4.69, 9.17) is 0 Å². The molecule has 28 aromatic carbocycles. The molecule has 0 N–H and O–H groups in total. The highest BCUT2D eigenvalue weighted by Gasteiger charge is 2.26. The average Bonchev–Trinajstić information content (AvgIpc) is 1.69. The number of hydrogen-bond donors (Lipinski definition) is 0. The normalized spacial score (nSPS) is 12.0. The fourth-order valence-corrected chi connectivity index (χ4v) is 27.7. The van der Waals surface area contributed by atoms with Gasteiger partial charge in [-0.1, -0.05) is 449 Å². The van der Waals surface area contributed by atoms with E-state index in [-0.39, 0.29) is 0 Å². The highest BCUT2D eigenvalue weighted by molar-refractivity contribution is 7.28. The Hall–Kier alpha value is -17.3. The lowest BCUT2D eigenvalue weighted by atomic mass is 9.84. The predicted molar refractivity (Wildman–Crippen MR) is 619 cm³/mol. The van der Waals surface area contributed by atoms with Gasteiger partial charge in [-0.15, -0.1) is 34.0 Å². The van der Waals surface area contributed by atoms with Crippen LogP contribution in [0.3, 0.4) is 0 Å². The quantitative estimate of drug-likeness (QED) is 0.110. The summed E-state index contributed by atoms with van der Waals surface area (Å²) in [4.78, 5) is 0. The molecule has 31 aromatic rings. The number of benzene rings is 28. The molecule has 0 bridgehead atoms. The molecular formula is C138H82S3. The first-order valence-electron chi connectivity index (χ1n) is 48.6. The molecule has 3 heteroatoms. The molecule has 0 saturated heterocycles. The van der Waals surface area contributed by atoms with E-state index in [1.54, 1.807) is 0 Å². The van der Waals surface area contributed by atoms with Gasteiger partial charge in [0.05, 0.1) is 0 Å². The zero-order valence-electron chi connectivity index (χ0n) is 76.6. The Labute approximate surface area is 824 Å². The van der Waals surface area contributed by atoms with E-state index in [0.29, 0.717) is 0 Å². The summed E-state index contributed by atoms with van der Waals surface area (Å²) >= 11 is 5.75. The first kappa shape index (κ1) is 80.9. The molecule has 0 unspecified atom stereocenters. The average molecular weight is 1840 g/mol. The van der Waals surface area contributed by atoms with Crippen molar-refractivity contribution in [3.05, 3.63) is 497 Å². The topological polar surface area (TPSA) is 0 Å². The van der Waals surface area contributed by atoms with E-state index >= 15 is 0 Å². The van der Waals surface area contributed by atoms with E-state index in [1.807, 2.05) is 34.0 Å². The smallest absolute Gasteiger partial charge is 0.0440 e. The first-order valence-corrected chi connectivity index (χ1v) is 51.1. The molecule has 0 atom stereocenters. The Bertz CT molecular complexity index is 10600. The fourth-order valence-electron chi connectivity index (χ4n) is 24.0. The molecule has 0 fully saturated rings. The maximum absolute atomic E-state index is 2.46. The number of hydrogen-bond acceptors (Lipinski definition) is 3. The molecule has 0 aliphatic rings. The summed E-state index contributed by atoms with van der Waals surface area (Å²) in [6.07, 6.45) is 0. The van der Waals surface area contributed by atoms with Gasteiger partial charge in [-0.2, -0.15) is 0 Å². The van der Waals surface area contributed by atoms with Gasteiger partial charge in [-0.05, 0) is 272 Å². The van der Waals surface area contributed by atoms with Gasteiger partial charge in [-0.25, -0.2) is 0 Å². The van der Waals surface area contributed by atoms with Crippen molar-refractivity contribution in [3.63, 3.8) is 0 Å². The molecule has 652 valence electrons. The molecule has 0 spiro atoms. The van der Waals surface area contributed by atoms with Crippen LogP contribution < -0.4 is 0 Å². The minimum absolute atomic E-state index is 1.23. The van der Waals surface area contributed by atoms with Crippen LogP contribution in [0, 0.1) is 0 Å². The van der Waals surface area contributed by atoms with Gasteiger partial charge in [0.1, 0.15) is 0 Å². The van der Waals surface area contributed by atoms with Crippen molar-refractivity contribution in [2.24, 2.45) is 0 Å². The second-order valence-electron chi connectivity index (χ2n) is 37.5. The number of thiophene rings is 3. The van der Waals surface area contributed by atoms with Crippen LogP contribution >= 0.6 is 34.0 Å². The Morgan fingerprint density at radius 1 is 0.106 bits per heavy atom.